The molecule has 0 N–H and O–H groups in total. The van der Waals surface area contributed by atoms with Gasteiger partial charge >= 0.3 is 0 Å². The van der Waals surface area contributed by atoms with Crippen LogP contribution in [0.25, 0.3) is 11.8 Å². The Labute approximate surface area is 190 Å². The minimum Gasteiger partial charge on any atom is -0.495 e. The Kier molecular flexibility index (Phi) is 5.42. The molecule has 2 aromatic carbocycles. The summed E-state index contributed by atoms with van der Waals surface area (Å²) in [4.78, 5) is 23.1. The van der Waals surface area contributed by atoms with Crippen molar-refractivity contribution >= 4 is 17.8 Å². The van der Waals surface area contributed by atoms with Gasteiger partial charge in [0.05, 0.1) is 43.8 Å². The Hall–Kier alpha value is -3.94. The molecule has 1 atom stereocenters. The van der Waals surface area contributed by atoms with Crippen molar-refractivity contribution in [3.05, 3.63) is 83.4 Å². The number of imidazole rings is 1. The molecule has 7 nitrogen and oxygen atoms in total. The quantitative estimate of drug-likeness (QED) is 0.604. The lowest BCUT2D eigenvalue weighted by atomic mass is 9.98. The zero-order chi connectivity index (χ0) is 22.9. The van der Waals surface area contributed by atoms with Crippen molar-refractivity contribution in [3.8, 4) is 11.4 Å². The zero-order valence-electron chi connectivity index (χ0n) is 18.4. The van der Waals surface area contributed by atoms with Gasteiger partial charge in [-0.25, -0.2) is 9.37 Å². The van der Waals surface area contributed by atoms with Gasteiger partial charge in [-0.05, 0) is 48.4 Å². The molecule has 33 heavy (non-hydrogen) atoms. The fourth-order valence-electron chi connectivity index (χ4n) is 4.22. The molecule has 168 valence electrons. The van der Waals surface area contributed by atoms with E-state index >= 15 is 0 Å². The van der Waals surface area contributed by atoms with Crippen LogP contribution in [-0.4, -0.2) is 46.5 Å². The van der Waals surface area contributed by atoms with Crippen LogP contribution in [0, 0.1) is 12.7 Å². The van der Waals surface area contributed by atoms with Gasteiger partial charge in [-0.3, -0.25) is 4.79 Å². The van der Waals surface area contributed by atoms with Crippen molar-refractivity contribution in [1.29, 1.82) is 0 Å². The van der Waals surface area contributed by atoms with Crippen molar-refractivity contribution in [2.45, 2.75) is 19.4 Å². The number of morpholine rings is 1. The van der Waals surface area contributed by atoms with Crippen LogP contribution in [0.4, 0.5) is 4.39 Å². The van der Waals surface area contributed by atoms with E-state index in [4.69, 9.17) is 9.47 Å². The van der Waals surface area contributed by atoms with E-state index in [0.29, 0.717) is 30.5 Å². The maximum atomic E-state index is 13.4. The van der Waals surface area contributed by atoms with Crippen LogP contribution in [-0.2, 0) is 9.53 Å². The summed E-state index contributed by atoms with van der Waals surface area (Å²) < 4.78 is 26.8. The van der Waals surface area contributed by atoms with E-state index in [-0.39, 0.29) is 24.2 Å². The van der Waals surface area contributed by atoms with E-state index in [0.717, 1.165) is 22.5 Å². The number of ether oxygens (including phenoxy) is 2. The number of carbonyl (C=O) groups excluding carboxylic acids is 1. The number of amides is 1. The molecule has 0 spiro atoms. The van der Waals surface area contributed by atoms with Gasteiger partial charge in [0, 0.05) is 6.20 Å². The third-order valence-corrected chi connectivity index (χ3v) is 5.80. The van der Waals surface area contributed by atoms with E-state index in [2.05, 4.69) is 14.9 Å². The fraction of sp³-hybridized carbons (Fsp3) is 0.240. The molecule has 0 radical (unpaired) electrons. The molecular weight excluding hydrogens is 423 g/mol. The average Bonchev–Trinajstić information content (AvgIpc) is 3.25. The highest BCUT2D eigenvalue weighted by atomic mass is 19.1. The number of carbonyl (C=O) groups is 1. The molecular formula is C25H23FN4O3. The first-order valence-electron chi connectivity index (χ1n) is 10.7. The Morgan fingerprint density at radius 3 is 2.76 bits per heavy atom. The number of aromatic nitrogens is 2. The normalized spacial score (nSPS) is 19.2. The number of aliphatic imine (C=N–C) groups is 1. The van der Waals surface area contributed by atoms with Gasteiger partial charge in [-0.2, -0.15) is 4.99 Å². The minimum atomic E-state index is -0.305. The van der Waals surface area contributed by atoms with E-state index in [1.165, 1.54) is 12.1 Å². The molecule has 1 unspecified atom stereocenters. The second-order valence-corrected chi connectivity index (χ2v) is 8.00. The van der Waals surface area contributed by atoms with E-state index in [9.17, 15) is 9.18 Å². The molecule has 0 aliphatic carbocycles. The molecule has 1 aromatic heterocycles. The van der Waals surface area contributed by atoms with Crippen LogP contribution in [0.15, 0.2) is 65.7 Å². The summed E-state index contributed by atoms with van der Waals surface area (Å²) >= 11 is 0. The van der Waals surface area contributed by atoms with Crippen molar-refractivity contribution < 1.29 is 18.7 Å². The van der Waals surface area contributed by atoms with Gasteiger partial charge in [-0.1, -0.05) is 18.2 Å². The summed E-state index contributed by atoms with van der Waals surface area (Å²) in [5, 5.41) is 0. The van der Waals surface area contributed by atoms with Crippen molar-refractivity contribution in [2.24, 2.45) is 4.99 Å². The largest absolute Gasteiger partial charge is 0.495 e. The Morgan fingerprint density at radius 1 is 1.21 bits per heavy atom. The topological polar surface area (TPSA) is 69.0 Å². The van der Waals surface area contributed by atoms with Gasteiger partial charge in [-0.15, -0.1) is 0 Å². The summed E-state index contributed by atoms with van der Waals surface area (Å²) in [7, 11) is 1.62. The lowest BCUT2D eigenvalue weighted by molar-refractivity contribution is -0.119. The number of aryl methyl sites for hydroxylation is 1. The molecule has 1 amide bonds. The average molecular weight is 446 g/mol. The molecule has 0 saturated carbocycles. The predicted octanol–water partition coefficient (Wildman–Crippen LogP) is 4.07. The van der Waals surface area contributed by atoms with Gasteiger partial charge < -0.3 is 18.9 Å². The van der Waals surface area contributed by atoms with Crippen LogP contribution >= 0.6 is 0 Å². The Bertz CT molecular complexity index is 1260. The number of rotatable bonds is 4. The van der Waals surface area contributed by atoms with E-state index < -0.39 is 0 Å². The SMILES string of the molecule is COc1cc(C=C2OCCN3C2=NC(=O)CC3c2ccc(F)cc2)ccc1-n1cnc(C)c1. The van der Waals surface area contributed by atoms with E-state index in [1.807, 2.05) is 42.0 Å². The molecule has 8 heteroatoms. The number of hydrogen-bond acceptors (Lipinski definition) is 5. The summed E-state index contributed by atoms with van der Waals surface area (Å²) in [5.41, 5.74) is 3.51. The third kappa shape index (κ3) is 4.11. The summed E-state index contributed by atoms with van der Waals surface area (Å²) in [6.45, 7) is 2.98. The minimum absolute atomic E-state index is 0.209. The maximum Gasteiger partial charge on any atom is 0.250 e. The first kappa shape index (κ1) is 20.9. The summed E-state index contributed by atoms with van der Waals surface area (Å²) in [6.07, 6.45) is 5.77. The Balaban J connectivity index is 1.48. The van der Waals surface area contributed by atoms with Crippen LogP contribution in [0.5, 0.6) is 5.75 Å². The van der Waals surface area contributed by atoms with Crippen LogP contribution in [0.1, 0.15) is 29.3 Å². The zero-order valence-corrected chi connectivity index (χ0v) is 18.4. The smallest absolute Gasteiger partial charge is 0.250 e. The summed E-state index contributed by atoms with van der Waals surface area (Å²) in [5.74, 6) is 1.17. The molecule has 2 aliphatic heterocycles. The van der Waals surface area contributed by atoms with Crippen LogP contribution in [0.2, 0.25) is 0 Å². The standard InChI is InChI=1S/C25H23FN4O3/c1-16-14-29(15-27-16)20-8-3-17(11-22(20)32-2)12-23-25-28-24(31)13-21(30(25)9-10-33-23)18-4-6-19(26)7-5-18/h3-8,11-12,14-15,21H,9-10,13H2,1-2H3. The second kappa shape index (κ2) is 8.54. The number of methoxy groups -OCH3 is 1. The maximum absolute atomic E-state index is 13.4. The molecule has 3 heterocycles. The third-order valence-electron chi connectivity index (χ3n) is 5.80. The van der Waals surface area contributed by atoms with Crippen LogP contribution in [0.3, 0.4) is 0 Å². The van der Waals surface area contributed by atoms with Gasteiger partial charge in [0.25, 0.3) is 0 Å². The highest BCUT2D eigenvalue weighted by molar-refractivity contribution is 6.08. The second-order valence-electron chi connectivity index (χ2n) is 8.00. The fourth-order valence-corrected chi connectivity index (χ4v) is 4.22. The van der Waals surface area contributed by atoms with Gasteiger partial charge in [0.2, 0.25) is 5.91 Å². The van der Waals surface area contributed by atoms with Crippen molar-refractivity contribution in [2.75, 3.05) is 20.3 Å². The Morgan fingerprint density at radius 2 is 2.03 bits per heavy atom. The molecule has 1 fully saturated rings. The molecule has 3 aromatic rings. The highest BCUT2D eigenvalue weighted by Crippen LogP contribution is 2.34. The number of amidine groups is 1. The lowest BCUT2D eigenvalue weighted by Crippen LogP contribution is -2.46. The first-order chi connectivity index (χ1) is 16.0. The first-order valence-corrected chi connectivity index (χ1v) is 10.7. The number of halogens is 1. The van der Waals surface area contributed by atoms with Gasteiger partial charge in [0.1, 0.15) is 18.2 Å². The van der Waals surface area contributed by atoms with Crippen LogP contribution < -0.4 is 4.74 Å². The molecule has 0 bridgehead atoms. The van der Waals surface area contributed by atoms with Gasteiger partial charge in [0.15, 0.2) is 11.6 Å². The summed E-state index contributed by atoms with van der Waals surface area (Å²) in [6, 6.07) is 11.9. The highest BCUT2D eigenvalue weighted by Gasteiger charge is 2.35. The predicted molar refractivity (Wildman–Crippen MR) is 122 cm³/mol. The van der Waals surface area contributed by atoms with E-state index in [1.54, 1.807) is 25.6 Å². The number of nitrogens with zero attached hydrogens (tertiary/aromatic N) is 4. The molecule has 1 saturated heterocycles. The number of hydrogen-bond donors (Lipinski definition) is 0. The monoisotopic (exact) mass is 446 g/mol. The van der Waals surface area contributed by atoms with Crippen molar-refractivity contribution in [3.63, 3.8) is 0 Å². The van der Waals surface area contributed by atoms with Crippen molar-refractivity contribution in [1.82, 2.24) is 14.5 Å². The number of benzene rings is 2. The lowest BCUT2D eigenvalue weighted by Gasteiger charge is -2.40. The molecule has 2 aliphatic rings. The number of fused-ring (bicyclic) bond motifs is 1. The molecule has 5 rings (SSSR count).